The summed E-state index contributed by atoms with van der Waals surface area (Å²) in [4.78, 5) is 0. The van der Waals surface area contributed by atoms with E-state index in [-0.39, 0.29) is 0 Å². The fraction of sp³-hybridized carbons (Fsp3) is 0.909. The van der Waals surface area contributed by atoms with Crippen molar-refractivity contribution in [2.24, 2.45) is 35.5 Å². The lowest BCUT2D eigenvalue weighted by atomic mass is 9.71. The van der Waals surface area contributed by atoms with E-state index in [4.69, 9.17) is 9.47 Å². The van der Waals surface area contributed by atoms with Crippen molar-refractivity contribution in [3.63, 3.8) is 0 Å². The molecule has 2 nitrogen and oxygen atoms in total. The maximum Gasteiger partial charge on any atom is 0.0870 e. The molecule has 8 unspecified atom stereocenters. The first-order valence-electron chi connectivity index (χ1n) is 10.8. The van der Waals surface area contributed by atoms with Crippen molar-refractivity contribution in [3.8, 4) is 0 Å². The van der Waals surface area contributed by atoms with Crippen molar-refractivity contribution in [1.29, 1.82) is 0 Å². The first-order chi connectivity index (χ1) is 11.8. The van der Waals surface area contributed by atoms with Crippen LogP contribution in [0.25, 0.3) is 0 Å². The lowest BCUT2D eigenvalue weighted by Crippen LogP contribution is -2.46. The molecule has 4 rings (SSSR count). The van der Waals surface area contributed by atoms with Gasteiger partial charge in [-0.1, -0.05) is 51.7 Å². The Morgan fingerprint density at radius 1 is 0.708 bits per heavy atom. The average molecular weight is 333 g/mol. The van der Waals surface area contributed by atoms with Gasteiger partial charge in [-0.2, -0.15) is 0 Å². The van der Waals surface area contributed by atoms with E-state index in [1.165, 1.54) is 51.4 Å². The van der Waals surface area contributed by atoms with E-state index in [0.29, 0.717) is 12.2 Å². The van der Waals surface area contributed by atoms with Crippen LogP contribution in [-0.2, 0) is 9.47 Å². The quantitative estimate of drug-likeness (QED) is 0.310. The Balaban J connectivity index is 1.40. The minimum atomic E-state index is 0.391. The standard InChI is InChI=1S/C22H36O2/c1-3-5-7-11-23-21-17-14-18(22(21)24-12-8-6-4-2)20-16-10-9-15(13-16)19(17)20/h9-10,15-22H,3-8,11-14H2,1-2H3. The van der Waals surface area contributed by atoms with Crippen LogP contribution in [0, 0.1) is 35.5 Å². The molecule has 0 spiro atoms. The summed E-state index contributed by atoms with van der Waals surface area (Å²) in [5.74, 6) is 5.10. The highest BCUT2D eigenvalue weighted by Crippen LogP contribution is 2.66. The Morgan fingerprint density at radius 3 is 1.67 bits per heavy atom. The molecule has 3 fully saturated rings. The minimum Gasteiger partial charge on any atom is -0.375 e. The molecule has 4 aliphatic carbocycles. The molecular weight excluding hydrogens is 296 g/mol. The summed E-state index contributed by atoms with van der Waals surface area (Å²) < 4.78 is 13.0. The van der Waals surface area contributed by atoms with Crippen molar-refractivity contribution in [2.45, 2.75) is 77.4 Å². The molecule has 2 heteroatoms. The maximum absolute atomic E-state index is 6.48. The van der Waals surface area contributed by atoms with Crippen molar-refractivity contribution >= 4 is 0 Å². The molecule has 24 heavy (non-hydrogen) atoms. The predicted octanol–water partition coefficient (Wildman–Crippen LogP) is 5.23. The summed E-state index contributed by atoms with van der Waals surface area (Å²) >= 11 is 0. The summed E-state index contributed by atoms with van der Waals surface area (Å²) in [5.41, 5.74) is 0. The summed E-state index contributed by atoms with van der Waals surface area (Å²) in [6.07, 6.45) is 16.2. The lowest BCUT2D eigenvalue weighted by molar-refractivity contribution is -0.125. The number of rotatable bonds is 10. The van der Waals surface area contributed by atoms with Crippen LogP contribution >= 0.6 is 0 Å². The zero-order chi connectivity index (χ0) is 16.5. The molecule has 8 atom stereocenters. The van der Waals surface area contributed by atoms with Crippen molar-refractivity contribution in [2.75, 3.05) is 13.2 Å². The number of hydrogen-bond acceptors (Lipinski definition) is 2. The first-order valence-corrected chi connectivity index (χ1v) is 10.8. The zero-order valence-corrected chi connectivity index (χ0v) is 15.7. The van der Waals surface area contributed by atoms with Gasteiger partial charge in [-0.3, -0.25) is 0 Å². The number of ether oxygens (including phenoxy) is 2. The molecule has 0 aromatic rings. The van der Waals surface area contributed by atoms with Gasteiger partial charge in [-0.05, 0) is 61.2 Å². The summed E-state index contributed by atoms with van der Waals surface area (Å²) in [6.45, 7) is 6.42. The SMILES string of the molecule is CCCCCOC1C2CC(C1OCCCCC)C1C3C=CC(C3)C21. The second-order valence-corrected chi connectivity index (χ2v) is 8.75. The van der Waals surface area contributed by atoms with E-state index in [1.807, 2.05) is 0 Å². The summed E-state index contributed by atoms with van der Waals surface area (Å²) in [6, 6.07) is 0. The van der Waals surface area contributed by atoms with Gasteiger partial charge in [-0.15, -0.1) is 0 Å². The van der Waals surface area contributed by atoms with Gasteiger partial charge < -0.3 is 9.47 Å². The Hall–Kier alpha value is -0.340. The number of allylic oxidation sites excluding steroid dienone is 2. The summed E-state index contributed by atoms with van der Waals surface area (Å²) in [5, 5.41) is 0. The second-order valence-electron chi connectivity index (χ2n) is 8.75. The monoisotopic (exact) mass is 332 g/mol. The second kappa shape index (κ2) is 7.50. The summed E-state index contributed by atoms with van der Waals surface area (Å²) in [7, 11) is 0. The normalized spacial score (nSPS) is 44.6. The van der Waals surface area contributed by atoms with Crippen molar-refractivity contribution in [1.82, 2.24) is 0 Å². The molecule has 0 amide bonds. The van der Waals surface area contributed by atoms with E-state index >= 15 is 0 Å². The Bertz CT molecular complexity index is 407. The molecule has 0 heterocycles. The number of fused-ring (bicyclic) bond motifs is 9. The van der Waals surface area contributed by atoms with Gasteiger partial charge in [0.2, 0.25) is 0 Å². The van der Waals surface area contributed by atoms with Gasteiger partial charge in [0, 0.05) is 13.2 Å². The van der Waals surface area contributed by atoms with Crippen molar-refractivity contribution in [3.05, 3.63) is 12.2 Å². The van der Waals surface area contributed by atoms with Crippen LogP contribution in [0.5, 0.6) is 0 Å². The topological polar surface area (TPSA) is 18.5 Å². The third-order valence-electron chi connectivity index (χ3n) is 7.40. The Labute approximate surface area is 148 Å². The van der Waals surface area contributed by atoms with Gasteiger partial charge in [0.1, 0.15) is 0 Å². The molecule has 0 aliphatic heterocycles. The minimum absolute atomic E-state index is 0.391. The van der Waals surface area contributed by atoms with Crippen LogP contribution in [0.4, 0.5) is 0 Å². The molecular formula is C22H36O2. The van der Waals surface area contributed by atoms with E-state index in [1.54, 1.807) is 0 Å². The van der Waals surface area contributed by atoms with Crippen LogP contribution in [-0.4, -0.2) is 25.4 Å². The largest absolute Gasteiger partial charge is 0.375 e. The first kappa shape index (κ1) is 17.1. The predicted molar refractivity (Wildman–Crippen MR) is 97.8 cm³/mol. The highest BCUT2D eigenvalue weighted by molar-refractivity contribution is 5.23. The van der Waals surface area contributed by atoms with Gasteiger partial charge in [-0.25, -0.2) is 0 Å². The van der Waals surface area contributed by atoms with E-state index < -0.39 is 0 Å². The van der Waals surface area contributed by atoms with Crippen LogP contribution < -0.4 is 0 Å². The zero-order valence-electron chi connectivity index (χ0n) is 15.7. The molecule has 4 aliphatic rings. The van der Waals surface area contributed by atoms with Gasteiger partial charge >= 0.3 is 0 Å². The average Bonchev–Trinajstić information content (AvgIpc) is 3.34. The fourth-order valence-electron chi connectivity index (χ4n) is 6.51. The molecule has 136 valence electrons. The van der Waals surface area contributed by atoms with Crippen LogP contribution in [0.15, 0.2) is 12.2 Å². The van der Waals surface area contributed by atoms with E-state index in [9.17, 15) is 0 Å². The molecule has 0 N–H and O–H groups in total. The molecule has 3 saturated carbocycles. The third kappa shape index (κ3) is 2.88. The van der Waals surface area contributed by atoms with Gasteiger partial charge in [0.15, 0.2) is 0 Å². The molecule has 0 aromatic heterocycles. The fourth-order valence-corrected chi connectivity index (χ4v) is 6.51. The van der Waals surface area contributed by atoms with Gasteiger partial charge in [0.25, 0.3) is 0 Å². The van der Waals surface area contributed by atoms with Crippen LogP contribution in [0.1, 0.15) is 65.2 Å². The number of hydrogen-bond donors (Lipinski definition) is 0. The van der Waals surface area contributed by atoms with Crippen LogP contribution in [0.3, 0.4) is 0 Å². The molecule has 0 aromatic carbocycles. The third-order valence-corrected chi connectivity index (χ3v) is 7.40. The number of unbranched alkanes of at least 4 members (excludes halogenated alkanes) is 4. The molecule has 4 bridgehead atoms. The lowest BCUT2D eigenvalue weighted by Gasteiger charge is -2.41. The molecule has 0 radical (unpaired) electrons. The Morgan fingerprint density at radius 2 is 1.21 bits per heavy atom. The van der Waals surface area contributed by atoms with E-state index in [0.717, 1.165) is 48.7 Å². The highest BCUT2D eigenvalue weighted by atomic mass is 16.5. The Kier molecular flexibility index (Phi) is 5.34. The van der Waals surface area contributed by atoms with Gasteiger partial charge in [0.05, 0.1) is 12.2 Å². The van der Waals surface area contributed by atoms with Crippen LogP contribution in [0.2, 0.25) is 0 Å². The highest BCUT2D eigenvalue weighted by Gasteiger charge is 2.65. The smallest absolute Gasteiger partial charge is 0.0870 e. The van der Waals surface area contributed by atoms with E-state index in [2.05, 4.69) is 26.0 Å². The maximum atomic E-state index is 6.48. The molecule has 0 saturated heterocycles. The van der Waals surface area contributed by atoms with Crippen molar-refractivity contribution < 1.29 is 9.47 Å².